The van der Waals surface area contributed by atoms with Crippen LogP contribution in [0, 0.1) is 0 Å². The minimum atomic E-state index is -1.18. The molecule has 0 fully saturated rings. The molecule has 0 saturated heterocycles. The van der Waals surface area contributed by atoms with Crippen molar-refractivity contribution in [3.8, 4) is 0 Å². The summed E-state index contributed by atoms with van der Waals surface area (Å²) < 4.78 is 1.18. The fourth-order valence-corrected chi connectivity index (χ4v) is 1.51. The number of H-pyrrole nitrogens is 1. The van der Waals surface area contributed by atoms with E-state index in [0.29, 0.717) is 13.0 Å². The van der Waals surface area contributed by atoms with Gasteiger partial charge in [-0.3, -0.25) is 9.89 Å². The molecule has 0 spiro atoms. The highest BCUT2D eigenvalue weighted by atomic mass is 16.4. The molecule has 10 heteroatoms. The lowest BCUT2D eigenvalue weighted by Gasteiger charge is -2.03. The molecular formula is C10H13N7O3. The SMILES string of the molecule is O=C(Cn1cc(C(=O)O)nn1)NCCCc1ncn[nH]1. The van der Waals surface area contributed by atoms with Gasteiger partial charge in [0.1, 0.15) is 18.7 Å². The van der Waals surface area contributed by atoms with E-state index in [9.17, 15) is 9.59 Å². The Kier molecular flexibility index (Phi) is 4.37. The Labute approximate surface area is 113 Å². The number of aromatic carboxylic acids is 1. The number of aromatic nitrogens is 6. The molecule has 0 radical (unpaired) electrons. The molecule has 2 aromatic heterocycles. The number of carboxylic acid groups (broad SMARTS) is 1. The van der Waals surface area contributed by atoms with Gasteiger partial charge in [0.05, 0.1) is 6.20 Å². The molecule has 0 unspecified atom stereocenters. The summed E-state index contributed by atoms with van der Waals surface area (Å²) in [6, 6.07) is 0. The molecular weight excluding hydrogens is 266 g/mol. The van der Waals surface area contributed by atoms with Crippen LogP contribution in [-0.4, -0.2) is 53.7 Å². The average molecular weight is 279 g/mol. The lowest BCUT2D eigenvalue weighted by atomic mass is 10.3. The molecule has 1 amide bonds. The van der Waals surface area contributed by atoms with Crippen molar-refractivity contribution in [2.24, 2.45) is 0 Å². The number of carbonyl (C=O) groups is 2. The highest BCUT2D eigenvalue weighted by Gasteiger charge is 2.10. The van der Waals surface area contributed by atoms with Crippen molar-refractivity contribution in [3.05, 3.63) is 24.0 Å². The molecule has 0 bridgehead atoms. The van der Waals surface area contributed by atoms with E-state index < -0.39 is 5.97 Å². The van der Waals surface area contributed by atoms with Crippen LogP contribution in [0.5, 0.6) is 0 Å². The molecule has 0 saturated carbocycles. The number of carboxylic acids is 1. The first-order chi connectivity index (χ1) is 9.65. The number of hydrogen-bond acceptors (Lipinski definition) is 6. The topological polar surface area (TPSA) is 139 Å². The van der Waals surface area contributed by atoms with Crippen LogP contribution >= 0.6 is 0 Å². The predicted molar refractivity (Wildman–Crippen MR) is 64.7 cm³/mol. The fourth-order valence-electron chi connectivity index (χ4n) is 1.51. The van der Waals surface area contributed by atoms with Crippen molar-refractivity contribution < 1.29 is 14.7 Å². The summed E-state index contributed by atoms with van der Waals surface area (Å²) in [5, 5.41) is 24.8. The number of nitrogens with zero attached hydrogens (tertiary/aromatic N) is 5. The van der Waals surface area contributed by atoms with Gasteiger partial charge in [0.2, 0.25) is 5.91 Å². The van der Waals surface area contributed by atoms with Crippen LogP contribution in [0.1, 0.15) is 22.7 Å². The molecule has 0 aliphatic rings. The number of nitrogens with one attached hydrogen (secondary N) is 2. The molecule has 20 heavy (non-hydrogen) atoms. The van der Waals surface area contributed by atoms with Gasteiger partial charge in [-0.25, -0.2) is 14.5 Å². The summed E-state index contributed by atoms with van der Waals surface area (Å²) in [5.74, 6) is -0.672. The first-order valence-electron chi connectivity index (χ1n) is 5.89. The lowest BCUT2D eigenvalue weighted by Crippen LogP contribution is -2.29. The van der Waals surface area contributed by atoms with Crippen LogP contribution in [0.15, 0.2) is 12.5 Å². The van der Waals surface area contributed by atoms with E-state index >= 15 is 0 Å². The Morgan fingerprint density at radius 2 is 2.30 bits per heavy atom. The van der Waals surface area contributed by atoms with Crippen LogP contribution in [-0.2, 0) is 17.8 Å². The summed E-state index contributed by atoms with van der Waals surface area (Å²) in [5.41, 5.74) is -0.192. The molecule has 3 N–H and O–H groups in total. The van der Waals surface area contributed by atoms with Gasteiger partial charge in [-0.05, 0) is 6.42 Å². The summed E-state index contributed by atoms with van der Waals surface area (Å²) in [6.45, 7) is 0.419. The highest BCUT2D eigenvalue weighted by molar-refractivity contribution is 5.84. The van der Waals surface area contributed by atoms with E-state index in [0.717, 1.165) is 12.2 Å². The number of aromatic amines is 1. The van der Waals surface area contributed by atoms with Gasteiger partial charge in [-0.15, -0.1) is 5.10 Å². The molecule has 2 rings (SSSR count). The zero-order valence-corrected chi connectivity index (χ0v) is 10.5. The quantitative estimate of drug-likeness (QED) is 0.543. The van der Waals surface area contributed by atoms with Crippen molar-refractivity contribution in [2.75, 3.05) is 6.54 Å². The second-order valence-corrected chi connectivity index (χ2v) is 3.99. The van der Waals surface area contributed by atoms with E-state index in [1.54, 1.807) is 0 Å². The summed E-state index contributed by atoms with van der Waals surface area (Å²) in [4.78, 5) is 26.1. The molecule has 0 aliphatic heterocycles. The van der Waals surface area contributed by atoms with E-state index in [-0.39, 0.29) is 18.1 Å². The van der Waals surface area contributed by atoms with Gasteiger partial charge in [0, 0.05) is 13.0 Å². The Morgan fingerprint density at radius 3 is 2.95 bits per heavy atom. The molecule has 2 aromatic rings. The van der Waals surface area contributed by atoms with Crippen LogP contribution < -0.4 is 5.32 Å². The lowest BCUT2D eigenvalue weighted by molar-refractivity contribution is -0.121. The standard InChI is InChI=1S/C10H13N7O3/c18-9(5-17-4-7(10(19)20)14-16-17)11-3-1-2-8-12-6-13-15-8/h4,6H,1-3,5H2,(H,11,18)(H,19,20)(H,12,13,15). The summed E-state index contributed by atoms with van der Waals surface area (Å²) in [6.07, 6.45) is 4.04. The number of carbonyl (C=O) groups excluding carboxylic acids is 1. The second kappa shape index (κ2) is 6.41. The molecule has 0 aliphatic carbocycles. The van der Waals surface area contributed by atoms with Crippen molar-refractivity contribution in [2.45, 2.75) is 19.4 Å². The van der Waals surface area contributed by atoms with Crippen LogP contribution in [0.2, 0.25) is 0 Å². The van der Waals surface area contributed by atoms with Gasteiger partial charge < -0.3 is 10.4 Å². The Hall–Kier alpha value is -2.78. The summed E-state index contributed by atoms with van der Waals surface area (Å²) >= 11 is 0. The first-order valence-corrected chi connectivity index (χ1v) is 5.89. The molecule has 0 atom stereocenters. The zero-order valence-electron chi connectivity index (χ0n) is 10.5. The minimum Gasteiger partial charge on any atom is -0.476 e. The monoisotopic (exact) mass is 279 g/mol. The molecule has 0 aromatic carbocycles. The van der Waals surface area contributed by atoms with E-state index in [4.69, 9.17) is 5.11 Å². The Bertz CT molecular complexity index is 577. The van der Waals surface area contributed by atoms with Gasteiger partial charge >= 0.3 is 5.97 Å². The van der Waals surface area contributed by atoms with Crippen molar-refractivity contribution in [1.29, 1.82) is 0 Å². The third kappa shape index (κ3) is 3.86. The summed E-state index contributed by atoms with van der Waals surface area (Å²) in [7, 11) is 0. The number of amides is 1. The fraction of sp³-hybridized carbons (Fsp3) is 0.400. The van der Waals surface area contributed by atoms with Gasteiger partial charge in [-0.2, -0.15) is 5.10 Å². The maximum atomic E-state index is 11.6. The van der Waals surface area contributed by atoms with E-state index in [2.05, 4.69) is 30.8 Å². The molecule has 10 nitrogen and oxygen atoms in total. The predicted octanol–water partition coefficient (Wildman–Crippen LogP) is -1.16. The van der Waals surface area contributed by atoms with E-state index in [1.165, 1.54) is 17.2 Å². The minimum absolute atomic E-state index is 0.0669. The van der Waals surface area contributed by atoms with Crippen molar-refractivity contribution >= 4 is 11.9 Å². The third-order valence-corrected chi connectivity index (χ3v) is 2.44. The second-order valence-electron chi connectivity index (χ2n) is 3.99. The average Bonchev–Trinajstić information content (AvgIpc) is 3.05. The van der Waals surface area contributed by atoms with E-state index in [1.807, 2.05) is 0 Å². The Balaban J connectivity index is 1.68. The van der Waals surface area contributed by atoms with Crippen LogP contribution in [0.4, 0.5) is 0 Å². The maximum absolute atomic E-state index is 11.6. The third-order valence-electron chi connectivity index (χ3n) is 2.44. The van der Waals surface area contributed by atoms with Crippen LogP contribution in [0.3, 0.4) is 0 Å². The van der Waals surface area contributed by atoms with Crippen molar-refractivity contribution in [3.63, 3.8) is 0 Å². The number of aryl methyl sites for hydroxylation is 1. The number of rotatable bonds is 7. The highest BCUT2D eigenvalue weighted by Crippen LogP contribution is 1.94. The smallest absolute Gasteiger partial charge is 0.358 e. The normalized spacial score (nSPS) is 10.4. The largest absolute Gasteiger partial charge is 0.476 e. The molecule has 2 heterocycles. The number of hydrogen-bond donors (Lipinski definition) is 3. The van der Waals surface area contributed by atoms with Gasteiger partial charge in [0.25, 0.3) is 0 Å². The van der Waals surface area contributed by atoms with Gasteiger partial charge in [0.15, 0.2) is 5.69 Å². The first kappa shape index (κ1) is 13.6. The van der Waals surface area contributed by atoms with Crippen LogP contribution in [0.25, 0.3) is 0 Å². The Morgan fingerprint density at radius 1 is 1.45 bits per heavy atom. The zero-order chi connectivity index (χ0) is 14.4. The maximum Gasteiger partial charge on any atom is 0.358 e. The molecule has 106 valence electrons. The van der Waals surface area contributed by atoms with Crippen molar-refractivity contribution in [1.82, 2.24) is 35.5 Å². The van der Waals surface area contributed by atoms with Gasteiger partial charge in [-0.1, -0.05) is 5.21 Å².